The van der Waals surface area contributed by atoms with Crippen LogP contribution in [0.1, 0.15) is 38.3 Å². The number of carbonyl (C=O) groups excluding carboxylic acids is 1. The maximum absolute atomic E-state index is 12.8. The summed E-state index contributed by atoms with van der Waals surface area (Å²) >= 11 is 0. The van der Waals surface area contributed by atoms with Gasteiger partial charge in [-0.05, 0) is 55.9 Å². The second-order valence-electron chi connectivity index (χ2n) is 8.19. The molecule has 1 saturated heterocycles. The van der Waals surface area contributed by atoms with Crippen LogP contribution in [0.3, 0.4) is 0 Å². The highest BCUT2D eigenvalue weighted by molar-refractivity contribution is 5.78. The summed E-state index contributed by atoms with van der Waals surface area (Å²) in [6.07, 6.45) is 5.88. The van der Waals surface area contributed by atoms with E-state index in [4.69, 9.17) is 19.9 Å². The summed E-state index contributed by atoms with van der Waals surface area (Å²) in [5.41, 5.74) is 4.74. The first-order valence-electron chi connectivity index (χ1n) is 9.32. The summed E-state index contributed by atoms with van der Waals surface area (Å²) in [6, 6.07) is 1.53. The minimum absolute atomic E-state index is 0.0519. The van der Waals surface area contributed by atoms with Gasteiger partial charge in [-0.15, -0.1) is 0 Å². The minimum Gasteiger partial charge on any atom is -0.460 e. The van der Waals surface area contributed by atoms with E-state index in [-0.39, 0.29) is 30.4 Å². The quantitative estimate of drug-likeness (QED) is 0.800. The molecule has 0 amide bonds. The predicted octanol–water partition coefficient (Wildman–Crippen LogP) is 1.07. The van der Waals surface area contributed by atoms with Gasteiger partial charge in [-0.1, -0.05) is 0 Å². The van der Waals surface area contributed by atoms with Gasteiger partial charge in [0.25, 0.3) is 0 Å². The third-order valence-corrected chi connectivity index (χ3v) is 6.64. The molecule has 0 spiro atoms. The number of hydrogen-bond donors (Lipinski definition) is 1. The Bertz CT molecular complexity index is 779. The Morgan fingerprint density at radius 3 is 2.85 bits per heavy atom. The molecule has 140 valence electrons. The number of aromatic nitrogens is 2. The number of esters is 1. The monoisotopic (exact) mass is 361 g/mol. The maximum atomic E-state index is 12.8. The van der Waals surface area contributed by atoms with Crippen LogP contribution in [0, 0.1) is 23.2 Å². The Kier molecular flexibility index (Phi) is 3.62. The van der Waals surface area contributed by atoms with Gasteiger partial charge in [-0.2, -0.15) is 4.98 Å². The average Bonchev–Trinajstić information content (AvgIpc) is 3.23. The fraction of sp³-hybridized carbons (Fsp3) is 0.722. The number of nitrogen functional groups attached to an aromatic ring is 1. The summed E-state index contributed by atoms with van der Waals surface area (Å²) in [6.45, 7) is 0.252. The van der Waals surface area contributed by atoms with Gasteiger partial charge in [0.05, 0.1) is 12.0 Å². The van der Waals surface area contributed by atoms with Crippen LogP contribution in [0.4, 0.5) is 5.82 Å². The van der Waals surface area contributed by atoms with E-state index in [0.29, 0.717) is 17.8 Å². The van der Waals surface area contributed by atoms with Crippen molar-refractivity contribution >= 4 is 11.8 Å². The van der Waals surface area contributed by atoms with Crippen molar-refractivity contribution in [2.24, 2.45) is 23.2 Å². The van der Waals surface area contributed by atoms with Crippen molar-refractivity contribution in [3.8, 4) is 0 Å². The van der Waals surface area contributed by atoms with Crippen LogP contribution in [-0.4, -0.2) is 35.0 Å². The lowest BCUT2D eigenvalue weighted by atomic mass is 9.75. The van der Waals surface area contributed by atoms with E-state index in [1.165, 1.54) is 36.1 Å². The third-order valence-electron chi connectivity index (χ3n) is 6.64. The first-order chi connectivity index (χ1) is 12.5. The zero-order valence-electron chi connectivity index (χ0n) is 14.5. The van der Waals surface area contributed by atoms with Gasteiger partial charge in [-0.3, -0.25) is 9.36 Å². The number of rotatable bonds is 4. The van der Waals surface area contributed by atoms with E-state index in [1.807, 2.05) is 0 Å². The number of hydrogen-bond acceptors (Lipinski definition) is 7. The lowest BCUT2D eigenvalue weighted by Gasteiger charge is -2.30. The molecule has 8 nitrogen and oxygen atoms in total. The van der Waals surface area contributed by atoms with Gasteiger partial charge in [0, 0.05) is 6.20 Å². The molecular formula is C18H23N3O5. The number of ether oxygens (including phenoxy) is 3. The highest BCUT2D eigenvalue weighted by Gasteiger charge is 2.62. The van der Waals surface area contributed by atoms with Crippen LogP contribution in [0.5, 0.6) is 0 Å². The van der Waals surface area contributed by atoms with Crippen molar-refractivity contribution in [1.82, 2.24) is 9.55 Å². The molecule has 1 aromatic rings. The molecular weight excluding hydrogens is 338 g/mol. The molecule has 8 heteroatoms. The van der Waals surface area contributed by atoms with Crippen molar-refractivity contribution in [3.63, 3.8) is 0 Å². The zero-order valence-corrected chi connectivity index (χ0v) is 14.5. The van der Waals surface area contributed by atoms with E-state index in [0.717, 1.165) is 12.8 Å². The molecule has 6 rings (SSSR count). The van der Waals surface area contributed by atoms with E-state index >= 15 is 0 Å². The van der Waals surface area contributed by atoms with E-state index < -0.39 is 18.2 Å². The summed E-state index contributed by atoms with van der Waals surface area (Å²) in [5.74, 6) is 1.97. The molecule has 1 aliphatic heterocycles. The van der Waals surface area contributed by atoms with Crippen LogP contribution in [-0.2, 0) is 19.0 Å². The van der Waals surface area contributed by atoms with Gasteiger partial charge in [0.15, 0.2) is 12.5 Å². The van der Waals surface area contributed by atoms with Gasteiger partial charge >= 0.3 is 11.7 Å². The van der Waals surface area contributed by atoms with Crippen LogP contribution in [0.15, 0.2) is 17.1 Å². The molecule has 4 bridgehead atoms. The Hall–Kier alpha value is -1.93. The van der Waals surface area contributed by atoms with Crippen molar-refractivity contribution in [1.29, 1.82) is 0 Å². The standard InChI is InChI=1S/C18H23N3O5/c19-13-1-2-21(17(23)20-13)14-8-24-15(26-14)9-25-16(22)18-6-10-3-11(7-18)5-12(18)4-10/h1-2,10-12,14-15H,3-9H2,(H2,19,20,23)/t10-,11+,12?,14-,15-,18?/m0/s1. The van der Waals surface area contributed by atoms with E-state index in [1.54, 1.807) is 0 Å². The van der Waals surface area contributed by atoms with Gasteiger partial charge in [-0.25, -0.2) is 4.79 Å². The smallest absolute Gasteiger partial charge is 0.351 e. The molecule has 2 N–H and O–H groups in total. The molecule has 5 fully saturated rings. The fourth-order valence-corrected chi connectivity index (χ4v) is 5.74. The summed E-state index contributed by atoms with van der Waals surface area (Å²) in [4.78, 5) is 28.4. The van der Waals surface area contributed by atoms with Gasteiger partial charge < -0.3 is 19.9 Å². The lowest BCUT2D eigenvalue weighted by molar-refractivity contribution is -0.172. The maximum Gasteiger partial charge on any atom is 0.351 e. The van der Waals surface area contributed by atoms with Crippen molar-refractivity contribution in [3.05, 3.63) is 22.7 Å². The Morgan fingerprint density at radius 1 is 1.35 bits per heavy atom. The molecule has 0 radical (unpaired) electrons. The van der Waals surface area contributed by atoms with Crippen LogP contribution in [0.2, 0.25) is 0 Å². The van der Waals surface area contributed by atoms with Crippen molar-refractivity contribution in [2.75, 3.05) is 18.9 Å². The highest BCUT2D eigenvalue weighted by Crippen LogP contribution is 2.65. The Morgan fingerprint density at radius 2 is 2.12 bits per heavy atom. The summed E-state index contributed by atoms with van der Waals surface area (Å²) < 4.78 is 18.2. The largest absolute Gasteiger partial charge is 0.460 e. The van der Waals surface area contributed by atoms with Crippen molar-refractivity contribution < 1.29 is 19.0 Å². The summed E-state index contributed by atoms with van der Waals surface area (Å²) in [5, 5.41) is 0. The molecule has 2 heterocycles. The first kappa shape index (κ1) is 16.3. The van der Waals surface area contributed by atoms with Crippen LogP contribution >= 0.6 is 0 Å². The van der Waals surface area contributed by atoms with E-state index in [2.05, 4.69) is 4.98 Å². The van der Waals surface area contributed by atoms with Crippen LogP contribution < -0.4 is 11.4 Å². The molecule has 4 aliphatic carbocycles. The Balaban J connectivity index is 1.20. The fourth-order valence-electron chi connectivity index (χ4n) is 5.74. The zero-order chi connectivity index (χ0) is 17.9. The Labute approximate surface area is 150 Å². The molecule has 5 aliphatic rings. The van der Waals surface area contributed by atoms with E-state index in [9.17, 15) is 9.59 Å². The topological polar surface area (TPSA) is 106 Å². The predicted molar refractivity (Wildman–Crippen MR) is 89.7 cm³/mol. The second kappa shape index (κ2) is 5.79. The summed E-state index contributed by atoms with van der Waals surface area (Å²) in [7, 11) is 0. The lowest BCUT2D eigenvalue weighted by Crippen LogP contribution is -2.36. The van der Waals surface area contributed by atoms with Gasteiger partial charge in [0.2, 0.25) is 0 Å². The SMILES string of the molecule is Nc1ccn([C@@H]2CO[C@H](COC(=O)C34C[C@@H]5CC3C[C@@H](C5)C4)O2)c(=O)n1. The number of nitrogens with zero attached hydrogens (tertiary/aromatic N) is 2. The molecule has 4 saturated carbocycles. The molecule has 2 unspecified atom stereocenters. The number of nitrogens with two attached hydrogens (primary N) is 1. The van der Waals surface area contributed by atoms with Crippen molar-refractivity contribution in [2.45, 2.75) is 44.6 Å². The molecule has 6 atom stereocenters. The second-order valence-corrected chi connectivity index (χ2v) is 8.19. The normalized spacial score (nSPS) is 40.2. The van der Waals surface area contributed by atoms with Gasteiger partial charge in [0.1, 0.15) is 12.4 Å². The minimum atomic E-state index is -0.666. The first-order valence-corrected chi connectivity index (χ1v) is 9.32. The molecule has 26 heavy (non-hydrogen) atoms. The molecule has 0 aromatic carbocycles. The highest BCUT2D eigenvalue weighted by atomic mass is 16.7. The number of anilines is 1. The average molecular weight is 361 g/mol. The van der Waals surface area contributed by atoms with Crippen LogP contribution in [0.25, 0.3) is 0 Å². The third kappa shape index (κ3) is 2.46. The number of carbonyl (C=O) groups is 1. The molecule has 1 aromatic heterocycles.